The van der Waals surface area contributed by atoms with Gasteiger partial charge in [0.1, 0.15) is 5.75 Å². The molecule has 0 aliphatic carbocycles. The van der Waals surface area contributed by atoms with Crippen molar-refractivity contribution in [3.63, 3.8) is 0 Å². The van der Waals surface area contributed by atoms with Crippen LogP contribution in [0.1, 0.15) is 17.4 Å². The number of aliphatic carboxylic acids is 1. The van der Waals surface area contributed by atoms with Gasteiger partial charge in [-0.25, -0.2) is 0 Å². The average molecular weight is 490 g/mol. The molecule has 4 aromatic rings. The number of rotatable bonds is 8. The summed E-state index contributed by atoms with van der Waals surface area (Å²) in [5, 5.41) is 15.4. The standard InChI is InChI=1S/C26H22N2O6S/c1-15(29)28-17-4-6-18(7-5-17)34-25-20-12-21(32-2)22(33-3)14-23(20)35-24(25)13-19(26(30)31)16-8-10-27-11-9-16/h4-14H,1-3H3,(H,28,29)(H,30,31)/p-1/b19-13+. The first-order valence-corrected chi connectivity index (χ1v) is 11.3. The van der Waals surface area contributed by atoms with Gasteiger partial charge in [-0.1, -0.05) is 0 Å². The molecule has 35 heavy (non-hydrogen) atoms. The van der Waals surface area contributed by atoms with E-state index in [0.717, 1.165) is 10.1 Å². The first-order chi connectivity index (χ1) is 16.9. The number of methoxy groups -OCH3 is 2. The van der Waals surface area contributed by atoms with E-state index in [4.69, 9.17) is 14.2 Å². The minimum Gasteiger partial charge on any atom is -0.545 e. The number of thiophene rings is 1. The van der Waals surface area contributed by atoms with Crippen molar-refractivity contribution in [2.45, 2.75) is 6.92 Å². The summed E-state index contributed by atoms with van der Waals surface area (Å²) in [7, 11) is 3.08. The van der Waals surface area contributed by atoms with Gasteiger partial charge in [-0.2, -0.15) is 0 Å². The van der Waals surface area contributed by atoms with Crippen LogP contribution in [0.5, 0.6) is 23.0 Å². The van der Waals surface area contributed by atoms with Crippen molar-refractivity contribution in [3.05, 3.63) is 71.4 Å². The lowest BCUT2D eigenvalue weighted by Crippen LogP contribution is -2.23. The normalized spacial score (nSPS) is 11.2. The summed E-state index contributed by atoms with van der Waals surface area (Å²) in [5.74, 6) is 0.496. The zero-order valence-corrected chi connectivity index (χ0v) is 20.0. The second kappa shape index (κ2) is 10.3. The lowest BCUT2D eigenvalue weighted by atomic mass is 10.1. The number of carbonyl (C=O) groups is 2. The van der Waals surface area contributed by atoms with Gasteiger partial charge in [-0.15, -0.1) is 11.3 Å². The topological polar surface area (TPSA) is 110 Å². The number of pyridine rings is 1. The minimum atomic E-state index is -1.32. The second-order valence-corrected chi connectivity index (χ2v) is 8.47. The molecule has 0 bridgehead atoms. The Morgan fingerprint density at radius 3 is 2.26 bits per heavy atom. The molecule has 0 radical (unpaired) electrons. The number of benzene rings is 2. The number of nitrogens with one attached hydrogen (secondary N) is 1. The fraction of sp³-hybridized carbons (Fsp3) is 0.115. The average Bonchev–Trinajstić information content (AvgIpc) is 3.18. The van der Waals surface area contributed by atoms with E-state index in [2.05, 4.69) is 10.3 Å². The number of hydrogen-bond acceptors (Lipinski definition) is 8. The van der Waals surface area contributed by atoms with Crippen LogP contribution >= 0.6 is 11.3 Å². The highest BCUT2D eigenvalue weighted by Gasteiger charge is 2.18. The summed E-state index contributed by atoms with van der Waals surface area (Å²) in [6.45, 7) is 1.43. The van der Waals surface area contributed by atoms with Gasteiger partial charge in [0.05, 0.1) is 25.1 Å². The zero-order valence-electron chi connectivity index (χ0n) is 19.2. The molecule has 0 aliphatic heterocycles. The Morgan fingerprint density at radius 2 is 1.66 bits per heavy atom. The summed E-state index contributed by atoms with van der Waals surface area (Å²) in [4.78, 5) is 27.8. The van der Waals surface area contributed by atoms with Crippen LogP contribution in [0.25, 0.3) is 21.7 Å². The second-order valence-electron chi connectivity index (χ2n) is 7.39. The van der Waals surface area contributed by atoms with E-state index >= 15 is 0 Å². The van der Waals surface area contributed by atoms with E-state index in [1.165, 1.54) is 43.8 Å². The van der Waals surface area contributed by atoms with Gasteiger partial charge in [0.15, 0.2) is 17.2 Å². The van der Waals surface area contributed by atoms with Crippen LogP contribution in [0.15, 0.2) is 60.9 Å². The molecule has 0 saturated carbocycles. The maximum Gasteiger partial charge on any atom is 0.221 e. The van der Waals surface area contributed by atoms with Crippen molar-refractivity contribution in [1.82, 2.24) is 4.98 Å². The van der Waals surface area contributed by atoms with Crippen LogP contribution in [0.3, 0.4) is 0 Å². The maximum absolute atomic E-state index is 12.0. The number of nitrogens with zero attached hydrogens (tertiary/aromatic N) is 1. The van der Waals surface area contributed by atoms with E-state index in [9.17, 15) is 14.7 Å². The Bertz CT molecular complexity index is 1410. The highest BCUT2D eigenvalue weighted by Crippen LogP contribution is 2.46. The number of carboxylic acids is 1. The SMILES string of the molecule is COc1cc2sc(/C=C(/C(=O)[O-])c3ccncc3)c(Oc3ccc(NC(C)=O)cc3)c2cc1OC. The Morgan fingerprint density at radius 1 is 1.00 bits per heavy atom. The zero-order chi connectivity index (χ0) is 24.9. The number of ether oxygens (including phenoxy) is 3. The Hall–Kier alpha value is -4.37. The number of anilines is 1. The van der Waals surface area contributed by atoms with E-state index in [-0.39, 0.29) is 11.5 Å². The first kappa shape index (κ1) is 23.8. The molecule has 4 rings (SSSR count). The maximum atomic E-state index is 12.0. The van der Waals surface area contributed by atoms with Gasteiger partial charge < -0.3 is 29.4 Å². The third-order valence-electron chi connectivity index (χ3n) is 5.06. The smallest absolute Gasteiger partial charge is 0.221 e. The molecular formula is C26H21N2O6S-. The van der Waals surface area contributed by atoms with Crippen LogP contribution < -0.4 is 24.6 Å². The van der Waals surface area contributed by atoms with Crippen molar-refractivity contribution in [2.75, 3.05) is 19.5 Å². The third kappa shape index (κ3) is 5.25. The molecule has 9 heteroatoms. The van der Waals surface area contributed by atoms with Crippen LogP contribution in [-0.2, 0) is 9.59 Å². The molecule has 0 saturated heterocycles. The van der Waals surface area contributed by atoms with Crippen LogP contribution in [0, 0.1) is 0 Å². The summed E-state index contributed by atoms with van der Waals surface area (Å²) < 4.78 is 17.9. The predicted molar refractivity (Wildman–Crippen MR) is 133 cm³/mol. The summed E-state index contributed by atoms with van der Waals surface area (Å²) in [6.07, 6.45) is 4.55. The number of carbonyl (C=O) groups excluding carboxylic acids is 2. The molecule has 1 amide bonds. The van der Waals surface area contributed by atoms with Crippen molar-refractivity contribution >= 4 is 50.6 Å². The molecule has 0 atom stereocenters. The molecule has 0 fully saturated rings. The highest BCUT2D eigenvalue weighted by atomic mass is 32.1. The number of aromatic nitrogens is 1. The largest absolute Gasteiger partial charge is 0.545 e. The van der Waals surface area contributed by atoms with E-state index < -0.39 is 5.97 Å². The molecule has 0 aliphatic rings. The van der Waals surface area contributed by atoms with Crippen molar-refractivity contribution in [2.24, 2.45) is 0 Å². The fourth-order valence-electron chi connectivity index (χ4n) is 3.47. The van der Waals surface area contributed by atoms with E-state index in [1.54, 1.807) is 49.6 Å². The van der Waals surface area contributed by atoms with Gasteiger partial charge >= 0.3 is 0 Å². The monoisotopic (exact) mass is 489 g/mol. The molecular weight excluding hydrogens is 468 g/mol. The van der Waals surface area contributed by atoms with E-state index in [0.29, 0.717) is 39.1 Å². The van der Waals surface area contributed by atoms with Crippen molar-refractivity contribution in [3.8, 4) is 23.0 Å². The Kier molecular flexibility index (Phi) is 6.98. The number of amides is 1. The molecule has 178 valence electrons. The lowest BCUT2D eigenvalue weighted by Gasteiger charge is -2.11. The minimum absolute atomic E-state index is 0.0104. The molecule has 1 N–H and O–H groups in total. The Balaban J connectivity index is 1.86. The molecule has 2 aromatic carbocycles. The van der Waals surface area contributed by atoms with Crippen LogP contribution in [0.2, 0.25) is 0 Å². The molecule has 0 unspecified atom stereocenters. The number of hydrogen-bond donors (Lipinski definition) is 1. The summed E-state index contributed by atoms with van der Waals surface area (Å²) in [5.41, 5.74) is 1.07. The van der Waals surface area contributed by atoms with Gasteiger partial charge in [-0.05, 0) is 54.1 Å². The van der Waals surface area contributed by atoms with Crippen molar-refractivity contribution < 1.29 is 28.9 Å². The van der Waals surface area contributed by atoms with Crippen molar-refractivity contribution in [1.29, 1.82) is 0 Å². The van der Waals surface area contributed by atoms with Crippen LogP contribution in [0.4, 0.5) is 5.69 Å². The quantitative estimate of drug-likeness (QED) is 0.366. The molecule has 8 nitrogen and oxygen atoms in total. The summed E-state index contributed by atoms with van der Waals surface area (Å²) >= 11 is 1.34. The fourth-order valence-corrected chi connectivity index (χ4v) is 4.56. The number of fused-ring (bicyclic) bond motifs is 1. The Labute approximate surface area is 205 Å². The van der Waals surface area contributed by atoms with Crippen LogP contribution in [-0.4, -0.2) is 31.1 Å². The predicted octanol–water partition coefficient (Wildman–Crippen LogP) is 4.35. The summed E-state index contributed by atoms with van der Waals surface area (Å²) in [6, 6.07) is 13.7. The van der Waals surface area contributed by atoms with Gasteiger partial charge in [0.25, 0.3) is 0 Å². The van der Waals surface area contributed by atoms with Gasteiger partial charge in [0, 0.05) is 46.7 Å². The molecule has 2 aromatic heterocycles. The molecule has 0 spiro atoms. The van der Waals surface area contributed by atoms with E-state index in [1.807, 2.05) is 6.07 Å². The van der Waals surface area contributed by atoms with Gasteiger partial charge in [-0.3, -0.25) is 9.78 Å². The highest BCUT2D eigenvalue weighted by molar-refractivity contribution is 7.20. The first-order valence-electron chi connectivity index (χ1n) is 10.5. The lowest BCUT2D eigenvalue weighted by molar-refractivity contribution is -0.295. The number of carboxylic acid groups (broad SMARTS) is 1. The molecule has 2 heterocycles. The van der Waals surface area contributed by atoms with Gasteiger partial charge in [0.2, 0.25) is 5.91 Å². The third-order valence-corrected chi connectivity index (χ3v) is 6.14.